The summed E-state index contributed by atoms with van der Waals surface area (Å²) in [6.07, 6.45) is 2.83. The van der Waals surface area contributed by atoms with E-state index in [2.05, 4.69) is 0 Å². The molecule has 0 spiro atoms. The smallest absolute Gasteiger partial charge is 0.222 e. The summed E-state index contributed by atoms with van der Waals surface area (Å²) in [5, 5.41) is 0. The molecule has 0 bridgehead atoms. The molecule has 1 amide bonds. The third-order valence-electron chi connectivity index (χ3n) is 2.67. The lowest BCUT2D eigenvalue weighted by Crippen LogP contribution is -2.38. The fourth-order valence-corrected chi connectivity index (χ4v) is 1.81. The highest BCUT2D eigenvalue weighted by Crippen LogP contribution is 2.17. The normalized spacial score (nSPS) is 19.1. The number of methoxy groups -OCH3 is 1. The number of hydrogen-bond donors (Lipinski definition) is 0. The minimum Gasteiger partial charge on any atom is -0.384 e. The van der Waals surface area contributed by atoms with Crippen LogP contribution in [0.1, 0.15) is 26.2 Å². The van der Waals surface area contributed by atoms with Crippen LogP contribution in [0.5, 0.6) is 0 Å². The van der Waals surface area contributed by atoms with Crippen molar-refractivity contribution in [3.05, 3.63) is 0 Å². The SMILES string of the molecule is CCC(=O)N1CCC(COC)CC1. The van der Waals surface area contributed by atoms with Gasteiger partial charge in [-0.2, -0.15) is 0 Å². The van der Waals surface area contributed by atoms with Crippen molar-refractivity contribution in [1.82, 2.24) is 4.90 Å². The monoisotopic (exact) mass is 185 g/mol. The van der Waals surface area contributed by atoms with Crippen molar-refractivity contribution in [1.29, 1.82) is 0 Å². The highest BCUT2D eigenvalue weighted by Gasteiger charge is 2.21. The van der Waals surface area contributed by atoms with Crippen LogP contribution in [0.3, 0.4) is 0 Å². The zero-order valence-corrected chi connectivity index (χ0v) is 8.58. The lowest BCUT2D eigenvalue weighted by atomic mass is 9.98. The van der Waals surface area contributed by atoms with Crippen LogP contribution in [0, 0.1) is 5.92 Å². The summed E-state index contributed by atoms with van der Waals surface area (Å²) in [4.78, 5) is 13.3. The zero-order valence-electron chi connectivity index (χ0n) is 8.58. The van der Waals surface area contributed by atoms with Crippen molar-refractivity contribution in [2.45, 2.75) is 26.2 Å². The summed E-state index contributed by atoms with van der Waals surface area (Å²) in [6, 6.07) is 0. The van der Waals surface area contributed by atoms with Crippen LogP contribution >= 0.6 is 0 Å². The van der Waals surface area contributed by atoms with Crippen LogP contribution in [0.15, 0.2) is 0 Å². The standard InChI is InChI=1S/C10H19NO2/c1-3-10(12)11-6-4-9(5-7-11)8-13-2/h9H,3-8H2,1-2H3. The summed E-state index contributed by atoms with van der Waals surface area (Å²) >= 11 is 0. The fourth-order valence-electron chi connectivity index (χ4n) is 1.81. The molecule has 0 aromatic rings. The predicted molar refractivity (Wildman–Crippen MR) is 51.5 cm³/mol. The summed E-state index contributed by atoms with van der Waals surface area (Å²) in [6.45, 7) is 4.60. The van der Waals surface area contributed by atoms with E-state index in [0.29, 0.717) is 12.3 Å². The lowest BCUT2D eigenvalue weighted by molar-refractivity contribution is -0.132. The molecule has 0 aromatic carbocycles. The predicted octanol–water partition coefficient (Wildman–Crippen LogP) is 1.28. The van der Waals surface area contributed by atoms with Gasteiger partial charge in [-0.3, -0.25) is 4.79 Å². The Balaban J connectivity index is 2.26. The first-order chi connectivity index (χ1) is 6.27. The van der Waals surface area contributed by atoms with E-state index in [1.54, 1.807) is 7.11 Å². The highest BCUT2D eigenvalue weighted by atomic mass is 16.5. The first-order valence-corrected chi connectivity index (χ1v) is 5.04. The lowest BCUT2D eigenvalue weighted by Gasteiger charge is -2.31. The number of amides is 1. The second-order valence-electron chi connectivity index (χ2n) is 3.63. The van der Waals surface area contributed by atoms with Gasteiger partial charge in [-0.1, -0.05) is 6.92 Å². The Kier molecular flexibility index (Phi) is 4.22. The van der Waals surface area contributed by atoms with Gasteiger partial charge in [0.25, 0.3) is 0 Å². The minimum atomic E-state index is 0.288. The Bertz CT molecular complexity index is 162. The minimum absolute atomic E-state index is 0.288. The number of piperidine rings is 1. The Morgan fingerprint density at radius 3 is 2.54 bits per heavy atom. The number of carbonyl (C=O) groups is 1. The van der Waals surface area contributed by atoms with Crippen LogP contribution in [0.25, 0.3) is 0 Å². The van der Waals surface area contributed by atoms with Gasteiger partial charge in [0.05, 0.1) is 0 Å². The molecule has 0 N–H and O–H groups in total. The van der Waals surface area contributed by atoms with E-state index in [0.717, 1.165) is 32.5 Å². The molecule has 3 heteroatoms. The fraction of sp³-hybridized carbons (Fsp3) is 0.900. The molecule has 0 atom stereocenters. The van der Waals surface area contributed by atoms with Crippen molar-refractivity contribution in [2.75, 3.05) is 26.8 Å². The van der Waals surface area contributed by atoms with Crippen LogP contribution in [0.4, 0.5) is 0 Å². The van der Waals surface area contributed by atoms with Gasteiger partial charge < -0.3 is 9.64 Å². The van der Waals surface area contributed by atoms with E-state index in [1.807, 2.05) is 11.8 Å². The van der Waals surface area contributed by atoms with Gasteiger partial charge in [0.15, 0.2) is 0 Å². The molecule has 1 heterocycles. The van der Waals surface area contributed by atoms with E-state index in [4.69, 9.17) is 4.74 Å². The third kappa shape index (κ3) is 2.99. The van der Waals surface area contributed by atoms with E-state index >= 15 is 0 Å². The van der Waals surface area contributed by atoms with Gasteiger partial charge in [0, 0.05) is 33.2 Å². The molecule has 1 saturated heterocycles. The largest absolute Gasteiger partial charge is 0.384 e. The van der Waals surface area contributed by atoms with Gasteiger partial charge >= 0.3 is 0 Å². The Hall–Kier alpha value is -0.570. The van der Waals surface area contributed by atoms with E-state index in [9.17, 15) is 4.79 Å². The average molecular weight is 185 g/mol. The molecule has 76 valence electrons. The molecular formula is C10H19NO2. The second kappa shape index (κ2) is 5.22. The maximum absolute atomic E-state index is 11.3. The Labute approximate surface area is 80.1 Å². The molecule has 0 aromatic heterocycles. The molecule has 13 heavy (non-hydrogen) atoms. The van der Waals surface area contributed by atoms with Crippen LogP contribution < -0.4 is 0 Å². The number of nitrogens with zero attached hydrogens (tertiary/aromatic N) is 1. The van der Waals surface area contributed by atoms with E-state index in [-0.39, 0.29) is 5.91 Å². The van der Waals surface area contributed by atoms with Crippen molar-refractivity contribution >= 4 is 5.91 Å². The van der Waals surface area contributed by atoms with E-state index < -0.39 is 0 Å². The maximum Gasteiger partial charge on any atom is 0.222 e. The Morgan fingerprint density at radius 1 is 1.46 bits per heavy atom. The summed E-state index contributed by atoms with van der Waals surface area (Å²) in [5.74, 6) is 0.946. The quantitative estimate of drug-likeness (QED) is 0.663. The first-order valence-electron chi connectivity index (χ1n) is 5.04. The molecular weight excluding hydrogens is 166 g/mol. The van der Waals surface area contributed by atoms with Crippen molar-refractivity contribution in [3.63, 3.8) is 0 Å². The number of likely N-dealkylation sites (tertiary alicyclic amines) is 1. The molecule has 0 aliphatic carbocycles. The molecule has 1 fully saturated rings. The van der Waals surface area contributed by atoms with Crippen LogP contribution in [-0.4, -0.2) is 37.6 Å². The highest BCUT2D eigenvalue weighted by molar-refractivity contribution is 5.75. The topological polar surface area (TPSA) is 29.5 Å². The van der Waals surface area contributed by atoms with Crippen LogP contribution in [-0.2, 0) is 9.53 Å². The number of rotatable bonds is 3. The van der Waals surface area contributed by atoms with Gasteiger partial charge in [-0.05, 0) is 18.8 Å². The number of hydrogen-bond acceptors (Lipinski definition) is 2. The molecule has 0 saturated carbocycles. The van der Waals surface area contributed by atoms with Gasteiger partial charge in [-0.15, -0.1) is 0 Å². The first kappa shape index (κ1) is 10.5. The Morgan fingerprint density at radius 2 is 2.08 bits per heavy atom. The number of ether oxygens (including phenoxy) is 1. The van der Waals surface area contributed by atoms with E-state index in [1.165, 1.54) is 0 Å². The number of carbonyl (C=O) groups excluding carboxylic acids is 1. The van der Waals surface area contributed by atoms with Crippen molar-refractivity contribution in [2.24, 2.45) is 5.92 Å². The summed E-state index contributed by atoms with van der Waals surface area (Å²) in [7, 11) is 1.74. The zero-order chi connectivity index (χ0) is 9.68. The molecule has 0 unspecified atom stereocenters. The van der Waals surface area contributed by atoms with Gasteiger partial charge in [-0.25, -0.2) is 0 Å². The molecule has 0 radical (unpaired) electrons. The van der Waals surface area contributed by atoms with Gasteiger partial charge in [0.2, 0.25) is 5.91 Å². The van der Waals surface area contributed by atoms with Crippen molar-refractivity contribution < 1.29 is 9.53 Å². The average Bonchev–Trinajstić information content (AvgIpc) is 2.18. The summed E-state index contributed by atoms with van der Waals surface area (Å²) in [5.41, 5.74) is 0. The second-order valence-corrected chi connectivity index (χ2v) is 3.63. The molecule has 3 nitrogen and oxygen atoms in total. The molecule has 1 aliphatic heterocycles. The third-order valence-corrected chi connectivity index (χ3v) is 2.67. The summed E-state index contributed by atoms with van der Waals surface area (Å²) < 4.78 is 5.10. The van der Waals surface area contributed by atoms with Crippen molar-refractivity contribution in [3.8, 4) is 0 Å². The molecule has 1 aliphatic rings. The maximum atomic E-state index is 11.3. The van der Waals surface area contributed by atoms with Gasteiger partial charge in [0.1, 0.15) is 0 Å². The van der Waals surface area contributed by atoms with Crippen LogP contribution in [0.2, 0.25) is 0 Å². The molecule has 1 rings (SSSR count).